The van der Waals surface area contributed by atoms with Crippen molar-refractivity contribution in [1.82, 2.24) is 10.2 Å². The molecule has 0 atom stereocenters. The fourth-order valence-electron chi connectivity index (χ4n) is 2.51. The van der Waals surface area contributed by atoms with Crippen molar-refractivity contribution in [3.63, 3.8) is 0 Å². The van der Waals surface area contributed by atoms with Gasteiger partial charge in [0.2, 0.25) is 5.91 Å². The van der Waals surface area contributed by atoms with E-state index in [1.165, 1.54) is 4.90 Å². The SMILES string of the molecule is O=C1CCN(C(=O)CNC(=O)c2ccc(Oc3ccccc3)cc2)C1. The van der Waals surface area contributed by atoms with Crippen molar-refractivity contribution in [3.05, 3.63) is 60.2 Å². The molecule has 128 valence electrons. The Hall–Kier alpha value is -3.15. The fraction of sp³-hybridized carbons (Fsp3) is 0.211. The molecule has 0 bridgehead atoms. The number of rotatable bonds is 5. The van der Waals surface area contributed by atoms with E-state index < -0.39 is 0 Å². The standard InChI is InChI=1S/C19H18N2O4/c22-15-10-11-21(13-15)18(23)12-20-19(24)14-6-8-17(9-7-14)25-16-4-2-1-3-5-16/h1-9H,10-13H2,(H,20,24). The molecular weight excluding hydrogens is 320 g/mol. The second-order valence-corrected chi connectivity index (χ2v) is 5.73. The van der Waals surface area contributed by atoms with Gasteiger partial charge in [0.15, 0.2) is 5.78 Å². The lowest BCUT2D eigenvalue weighted by Gasteiger charge is -2.14. The molecule has 1 fully saturated rings. The summed E-state index contributed by atoms with van der Waals surface area (Å²) in [4.78, 5) is 36.7. The third kappa shape index (κ3) is 4.44. The number of carbonyl (C=O) groups excluding carboxylic acids is 3. The number of ether oxygens (including phenoxy) is 1. The smallest absolute Gasteiger partial charge is 0.251 e. The van der Waals surface area contributed by atoms with Crippen molar-refractivity contribution in [2.24, 2.45) is 0 Å². The minimum absolute atomic E-state index is 0.0497. The third-order valence-corrected chi connectivity index (χ3v) is 3.88. The molecule has 1 N–H and O–H groups in total. The first-order chi connectivity index (χ1) is 12.1. The fourth-order valence-corrected chi connectivity index (χ4v) is 2.51. The molecule has 2 aromatic carbocycles. The summed E-state index contributed by atoms with van der Waals surface area (Å²) in [7, 11) is 0. The van der Waals surface area contributed by atoms with Gasteiger partial charge >= 0.3 is 0 Å². The van der Waals surface area contributed by atoms with Crippen LogP contribution in [0.25, 0.3) is 0 Å². The third-order valence-electron chi connectivity index (χ3n) is 3.88. The van der Waals surface area contributed by atoms with Gasteiger partial charge in [0.1, 0.15) is 11.5 Å². The first kappa shape index (κ1) is 16.7. The van der Waals surface area contributed by atoms with E-state index in [0.29, 0.717) is 30.0 Å². The minimum Gasteiger partial charge on any atom is -0.457 e. The minimum atomic E-state index is -0.342. The van der Waals surface area contributed by atoms with Crippen LogP contribution < -0.4 is 10.1 Å². The van der Waals surface area contributed by atoms with Crippen molar-refractivity contribution in [3.8, 4) is 11.5 Å². The quantitative estimate of drug-likeness (QED) is 0.905. The van der Waals surface area contributed by atoms with Crippen LogP contribution in [0.5, 0.6) is 11.5 Å². The summed E-state index contributed by atoms with van der Waals surface area (Å²) < 4.78 is 5.66. The molecule has 0 spiro atoms. The van der Waals surface area contributed by atoms with Gasteiger partial charge in [0, 0.05) is 18.5 Å². The van der Waals surface area contributed by atoms with Crippen LogP contribution in [0.2, 0.25) is 0 Å². The van der Waals surface area contributed by atoms with Gasteiger partial charge < -0.3 is 15.0 Å². The maximum Gasteiger partial charge on any atom is 0.251 e. The summed E-state index contributed by atoms with van der Waals surface area (Å²) in [6, 6.07) is 16.0. The zero-order chi connectivity index (χ0) is 17.6. The lowest BCUT2D eigenvalue weighted by atomic mass is 10.2. The second kappa shape index (κ2) is 7.61. The maximum absolute atomic E-state index is 12.1. The van der Waals surface area contributed by atoms with E-state index in [-0.39, 0.29) is 30.7 Å². The predicted molar refractivity (Wildman–Crippen MR) is 91.5 cm³/mol. The Balaban J connectivity index is 1.52. The molecule has 6 heteroatoms. The lowest BCUT2D eigenvalue weighted by Crippen LogP contribution is -2.39. The molecule has 0 aliphatic carbocycles. The van der Waals surface area contributed by atoms with E-state index in [2.05, 4.69) is 5.32 Å². The van der Waals surface area contributed by atoms with Gasteiger partial charge in [-0.2, -0.15) is 0 Å². The monoisotopic (exact) mass is 338 g/mol. The summed E-state index contributed by atoms with van der Waals surface area (Å²) in [6.45, 7) is 0.452. The molecule has 0 saturated carbocycles. The van der Waals surface area contributed by atoms with Gasteiger partial charge in [-0.15, -0.1) is 0 Å². The topological polar surface area (TPSA) is 75.7 Å². The van der Waals surface area contributed by atoms with Crippen LogP contribution in [0.4, 0.5) is 0 Å². The molecule has 6 nitrogen and oxygen atoms in total. The Morgan fingerprint density at radius 1 is 1.00 bits per heavy atom. The zero-order valence-corrected chi connectivity index (χ0v) is 13.6. The Bertz CT molecular complexity index is 772. The molecule has 1 saturated heterocycles. The summed E-state index contributed by atoms with van der Waals surface area (Å²) >= 11 is 0. The number of amides is 2. The Labute approximate surface area is 145 Å². The van der Waals surface area contributed by atoms with Crippen LogP contribution in [0.3, 0.4) is 0 Å². The summed E-state index contributed by atoms with van der Waals surface area (Å²) in [5.41, 5.74) is 0.436. The van der Waals surface area contributed by atoms with E-state index >= 15 is 0 Å². The molecule has 3 rings (SSSR count). The number of nitrogens with zero attached hydrogens (tertiary/aromatic N) is 1. The summed E-state index contributed by atoms with van der Waals surface area (Å²) in [5, 5.41) is 2.58. The molecule has 0 unspecified atom stereocenters. The van der Waals surface area contributed by atoms with Gasteiger partial charge in [0.05, 0.1) is 13.1 Å². The molecule has 0 aromatic heterocycles. The van der Waals surface area contributed by atoms with E-state index in [0.717, 1.165) is 0 Å². The van der Waals surface area contributed by atoms with Crippen molar-refractivity contribution >= 4 is 17.6 Å². The number of hydrogen-bond acceptors (Lipinski definition) is 4. The van der Waals surface area contributed by atoms with Gasteiger partial charge in [0.25, 0.3) is 5.91 Å². The highest BCUT2D eigenvalue weighted by Gasteiger charge is 2.23. The average Bonchev–Trinajstić information content (AvgIpc) is 3.07. The summed E-state index contributed by atoms with van der Waals surface area (Å²) in [5.74, 6) is 0.793. The first-order valence-corrected chi connectivity index (χ1v) is 8.02. The molecule has 0 radical (unpaired) electrons. The number of carbonyl (C=O) groups is 3. The highest BCUT2D eigenvalue weighted by Crippen LogP contribution is 2.21. The average molecular weight is 338 g/mol. The van der Waals surface area contributed by atoms with Crippen LogP contribution in [-0.2, 0) is 9.59 Å². The normalized spacial score (nSPS) is 13.6. The van der Waals surface area contributed by atoms with Gasteiger partial charge in [-0.25, -0.2) is 0 Å². The maximum atomic E-state index is 12.1. The Morgan fingerprint density at radius 3 is 2.32 bits per heavy atom. The van der Waals surface area contributed by atoms with Crippen LogP contribution in [-0.4, -0.2) is 42.1 Å². The highest BCUT2D eigenvalue weighted by atomic mass is 16.5. The number of nitrogens with one attached hydrogen (secondary N) is 1. The van der Waals surface area contributed by atoms with Crippen LogP contribution in [0, 0.1) is 0 Å². The van der Waals surface area contributed by atoms with Crippen molar-refractivity contribution in [2.45, 2.75) is 6.42 Å². The molecule has 2 aromatic rings. The van der Waals surface area contributed by atoms with Crippen molar-refractivity contribution in [2.75, 3.05) is 19.6 Å². The van der Waals surface area contributed by atoms with Crippen molar-refractivity contribution in [1.29, 1.82) is 0 Å². The number of benzene rings is 2. The molecule has 1 heterocycles. The van der Waals surface area contributed by atoms with E-state index in [1.54, 1.807) is 24.3 Å². The van der Waals surface area contributed by atoms with Gasteiger partial charge in [-0.3, -0.25) is 14.4 Å². The number of para-hydroxylation sites is 1. The molecule has 2 amide bonds. The van der Waals surface area contributed by atoms with Gasteiger partial charge in [-0.05, 0) is 36.4 Å². The number of hydrogen-bond donors (Lipinski definition) is 1. The number of ketones is 1. The summed E-state index contributed by atoms with van der Waals surface area (Å²) in [6.07, 6.45) is 0.391. The predicted octanol–water partition coefficient (Wildman–Crippen LogP) is 2.01. The molecule has 25 heavy (non-hydrogen) atoms. The first-order valence-electron chi connectivity index (χ1n) is 8.02. The number of likely N-dealkylation sites (tertiary alicyclic amines) is 1. The molecular formula is C19H18N2O4. The van der Waals surface area contributed by atoms with E-state index in [9.17, 15) is 14.4 Å². The van der Waals surface area contributed by atoms with E-state index in [1.807, 2.05) is 30.3 Å². The van der Waals surface area contributed by atoms with Gasteiger partial charge in [-0.1, -0.05) is 18.2 Å². The molecule has 1 aliphatic heterocycles. The Kier molecular flexibility index (Phi) is 5.09. The zero-order valence-electron chi connectivity index (χ0n) is 13.6. The second-order valence-electron chi connectivity index (χ2n) is 5.73. The number of Topliss-reactive ketones (excluding diaryl/α,β-unsaturated/α-hetero) is 1. The largest absolute Gasteiger partial charge is 0.457 e. The van der Waals surface area contributed by atoms with E-state index in [4.69, 9.17) is 4.74 Å². The molecule has 1 aliphatic rings. The van der Waals surface area contributed by atoms with Crippen LogP contribution in [0.1, 0.15) is 16.8 Å². The van der Waals surface area contributed by atoms with Crippen LogP contribution >= 0.6 is 0 Å². The van der Waals surface area contributed by atoms with Crippen LogP contribution in [0.15, 0.2) is 54.6 Å². The highest BCUT2D eigenvalue weighted by molar-refractivity contribution is 5.97. The Morgan fingerprint density at radius 2 is 1.68 bits per heavy atom. The van der Waals surface area contributed by atoms with Crippen molar-refractivity contribution < 1.29 is 19.1 Å². The lowest BCUT2D eigenvalue weighted by molar-refractivity contribution is -0.130.